The summed E-state index contributed by atoms with van der Waals surface area (Å²) in [6.45, 7) is 1.95. The van der Waals surface area contributed by atoms with Crippen LogP contribution in [0.25, 0.3) is 0 Å². The highest BCUT2D eigenvalue weighted by atomic mass is 16.5. The second-order valence-electron chi connectivity index (χ2n) is 3.64. The van der Waals surface area contributed by atoms with Gasteiger partial charge < -0.3 is 10.5 Å². The van der Waals surface area contributed by atoms with Crippen molar-refractivity contribution >= 4 is 5.69 Å². The molecule has 0 radical (unpaired) electrons. The summed E-state index contributed by atoms with van der Waals surface area (Å²) in [5.41, 5.74) is 7.94. The van der Waals surface area contributed by atoms with Gasteiger partial charge in [-0.1, -0.05) is 6.07 Å². The summed E-state index contributed by atoms with van der Waals surface area (Å²) in [5, 5.41) is 8.76. The average Bonchev–Trinajstić information content (AvgIpc) is 2.33. The predicted molar refractivity (Wildman–Crippen MR) is 64.6 cm³/mol. The molecule has 0 bridgehead atoms. The third kappa shape index (κ3) is 2.52. The summed E-state index contributed by atoms with van der Waals surface area (Å²) in [5.74, 6) is 0.901. The van der Waals surface area contributed by atoms with E-state index in [1.807, 2.05) is 25.1 Å². The lowest BCUT2D eigenvalue weighted by molar-refractivity contribution is 0.465. The largest absolute Gasteiger partial charge is 0.437 e. The second kappa shape index (κ2) is 4.54. The van der Waals surface area contributed by atoms with E-state index >= 15 is 0 Å². The molecule has 0 fully saturated rings. The van der Waals surface area contributed by atoms with Crippen LogP contribution in [-0.2, 0) is 0 Å². The molecule has 17 heavy (non-hydrogen) atoms. The fourth-order valence-corrected chi connectivity index (χ4v) is 1.41. The number of nitrogens with zero attached hydrogens (tertiary/aromatic N) is 2. The van der Waals surface area contributed by atoms with Gasteiger partial charge in [0.2, 0.25) is 5.88 Å². The highest BCUT2D eigenvalue weighted by Gasteiger charge is 2.04. The third-order valence-electron chi connectivity index (χ3n) is 2.24. The van der Waals surface area contributed by atoms with Gasteiger partial charge in [0.15, 0.2) is 5.75 Å². The Balaban J connectivity index is 2.28. The Morgan fingerprint density at radius 1 is 1.29 bits per heavy atom. The lowest BCUT2D eigenvalue weighted by Crippen LogP contribution is -1.94. The fraction of sp³-hybridized carbons (Fsp3) is 0.0769. The molecule has 0 unspecified atom stereocenters. The van der Waals surface area contributed by atoms with Gasteiger partial charge in [-0.15, -0.1) is 0 Å². The van der Waals surface area contributed by atoms with Crippen LogP contribution in [0.4, 0.5) is 5.69 Å². The monoisotopic (exact) mass is 225 g/mol. The molecule has 0 amide bonds. The first kappa shape index (κ1) is 11.0. The van der Waals surface area contributed by atoms with Gasteiger partial charge in [0, 0.05) is 12.3 Å². The Morgan fingerprint density at radius 2 is 2.12 bits per heavy atom. The van der Waals surface area contributed by atoms with Crippen LogP contribution in [0.1, 0.15) is 11.1 Å². The van der Waals surface area contributed by atoms with Crippen molar-refractivity contribution in [2.24, 2.45) is 0 Å². The van der Waals surface area contributed by atoms with Crippen LogP contribution in [0.5, 0.6) is 11.6 Å². The van der Waals surface area contributed by atoms with Crippen molar-refractivity contribution in [1.29, 1.82) is 5.26 Å². The fourth-order valence-electron chi connectivity index (χ4n) is 1.41. The minimum absolute atomic E-state index is 0.361. The SMILES string of the molecule is Cc1ccc(Oc2cc(C#N)ccn2)c(N)c1. The quantitative estimate of drug-likeness (QED) is 0.797. The normalized spacial score (nSPS) is 9.65. The third-order valence-corrected chi connectivity index (χ3v) is 2.24. The summed E-state index contributed by atoms with van der Waals surface area (Å²) in [4.78, 5) is 4.02. The van der Waals surface area contributed by atoms with Crippen LogP contribution in [0.3, 0.4) is 0 Å². The van der Waals surface area contributed by atoms with Crippen molar-refractivity contribution in [3.8, 4) is 17.7 Å². The summed E-state index contributed by atoms with van der Waals surface area (Å²) in [7, 11) is 0. The maximum Gasteiger partial charge on any atom is 0.220 e. The molecule has 0 saturated heterocycles. The average molecular weight is 225 g/mol. The first-order valence-corrected chi connectivity index (χ1v) is 5.09. The number of nitrogen functional groups attached to an aromatic ring is 1. The minimum Gasteiger partial charge on any atom is -0.437 e. The maximum absolute atomic E-state index is 8.76. The Morgan fingerprint density at radius 3 is 2.82 bits per heavy atom. The standard InChI is InChI=1S/C13H11N3O/c1-9-2-3-12(11(15)6-9)17-13-7-10(8-14)4-5-16-13/h2-7H,15H2,1H3. The number of nitrogens with two attached hydrogens (primary N) is 1. The van der Waals surface area contributed by atoms with Crippen molar-refractivity contribution in [2.75, 3.05) is 5.73 Å². The van der Waals surface area contributed by atoms with Crippen LogP contribution >= 0.6 is 0 Å². The zero-order valence-corrected chi connectivity index (χ0v) is 9.34. The number of hydrogen-bond acceptors (Lipinski definition) is 4. The number of rotatable bonds is 2. The van der Waals surface area contributed by atoms with Crippen LogP contribution in [0.2, 0.25) is 0 Å². The van der Waals surface area contributed by atoms with Crippen LogP contribution in [0, 0.1) is 18.3 Å². The van der Waals surface area contributed by atoms with E-state index in [1.165, 1.54) is 6.20 Å². The van der Waals surface area contributed by atoms with Gasteiger partial charge in [0.1, 0.15) is 0 Å². The Bertz CT molecular complexity index is 587. The number of nitriles is 1. The van der Waals surface area contributed by atoms with E-state index < -0.39 is 0 Å². The molecule has 0 aliphatic heterocycles. The van der Waals surface area contributed by atoms with Gasteiger partial charge in [-0.2, -0.15) is 5.26 Å². The van der Waals surface area contributed by atoms with E-state index in [-0.39, 0.29) is 0 Å². The van der Waals surface area contributed by atoms with E-state index in [0.717, 1.165) is 5.56 Å². The van der Waals surface area contributed by atoms with Gasteiger partial charge in [-0.25, -0.2) is 4.98 Å². The molecule has 0 aliphatic rings. The number of hydrogen-bond donors (Lipinski definition) is 1. The topological polar surface area (TPSA) is 71.9 Å². The van der Waals surface area contributed by atoms with E-state index in [4.69, 9.17) is 15.7 Å². The van der Waals surface area contributed by atoms with Gasteiger partial charge in [-0.3, -0.25) is 0 Å². The molecule has 1 aromatic heterocycles. The first-order chi connectivity index (χ1) is 8.19. The van der Waals surface area contributed by atoms with E-state index in [9.17, 15) is 0 Å². The van der Waals surface area contributed by atoms with Crippen molar-refractivity contribution < 1.29 is 4.74 Å². The molecule has 0 spiro atoms. The van der Waals surface area contributed by atoms with E-state index in [2.05, 4.69) is 4.98 Å². The molecule has 2 N–H and O–H groups in total. The van der Waals surface area contributed by atoms with Crippen molar-refractivity contribution in [3.05, 3.63) is 47.7 Å². The lowest BCUT2D eigenvalue weighted by atomic mass is 10.2. The van der Waals surface area contributed by atoms with E-state index in [0.29, 0.717) is 22.9 Å². The molecule has 0 atom stereocenters. The highest BCUT2D eigenvalue weighted by molar-refractivity contribution is 5.55. The molecule has 0 saturated carbocycles. The summed E-state index contributed by atoms with van der Waals surface area (Å²) >= 11 is 0. The predicted octanol–water partition coefficient (Wildman–Crippen LogP) is 2.64. The zero-order chi connectivity index (χ0) is 12.3. The number of aryl methyl sites for hydroxylation is 1. The zero-order valence-electron chi connectivity index (χ0n) is 9.34. The first-order valence-electron chi connectivity index (χ1n) is 5.09. The highest BCUT2D eigenvalue weighted by Crippen LogP contribution is 2.27. The van der Waals surface area contributed by atoms with Gasteiger partial charge in [0.05, 0.1) is 17.3 Å². The summed E-state index contributed by atoms with van der Waals surface area (Å²) < 4.78 is 5.52. The molecular formula is C13H11N3O. The van der Waals surface area contributed by atoms with Crippen molar-refractivity contribution in [3.63, 3.8) is 0 Å². The molecule has 1 aromatic carbocycles. The molecule has 4 heteroatoms. The van der Waals surface area contributed by atoms with Gasteiger partial charge in [0.25, 0.3) is 0 Å². The minimum atomic E-state index is 0.361. The number of benzene rings is 1. The number of anilines is 1. The van der Waals surface area contributed by atoms with Crippen molar-refractivity contribution in [1.82, 2.24) is 4.98 Å². The molecule has 2 rings (SSSR count). The van der Waals surface area contributed by atoms with Crippen molar-refractivity contribution in [2.45, 2.75) is 6.92 Å². The molecule has 84 valence electrons. The summed E-state index contributed by atoms with van der Waals surface area (Å²) in [6, 6.07) is 10.7. The lowest BCUT2D eigenvalue weighted by Gasteiger charge is -2.07. The Kier molecular flexibility index (Phi) is 2.93. The Labute approximate surface area is 99.3 Å². The molecule has 0 aliphatic carbocycles. The number of ether oxygens (including phenoxy) is 1. The molecular weight excluding hydrogens is 214 g/mol. The molecule has 2 aromatic rings. The number of pyridine rings is 1. The van der Waals surface area contributed by atoms with Gasteiger partial charge in [-0.05, 0) is 30.7 Å². The van der Waals surface area contributed by atoms with Crippen LogP contribution < -0.4 is 10.5 Å². The van der Waals surface area contributed by atoms with Crippen LogP contribution in [0.15, 0.2) is 36.5 Å². The molecule has 4 nitrogen and oxygen atoms in total. The maximum atomic E-state index is 8.76. The van der Waals surface area contributed by atoms with E-state index in [1.54, 1.807) is 18.2 Å². The summed E-state index contributed by atoms with van der Waals surface area (Å²) in [6.07, 6.45) is 1.53. The Hall–Kier alpha value is -2.54. The van der Waals surface area contributed by atoms with Gasteiger partial charge >= 0.3 is 0 Å². The second-order valence-corrected chi connectivity index (χ2v) is 3.64. The molecule has 1 heterocycles. The smallest absolute Gasteiger partial charge is 0.220 e. The number of aromatic nitrogens is 1. The van der Waals surface area contributed by atoms with Crippen LogP contribution in [-0.4, -0.2) is 4.98 Å².